The summed E-state index contributed by atoms with van der Waals surface area (Å²) in [5.41, 5.74) is 1.69. The molecule has 0 bridgehead atoms. The van der Waals surface area contributed by atoms with Crippen molar-refractivity contribution in [2.75, 3.05) is 18.0 Å². The molecular weight excluding hydrogens is 300 g/mol. The number of anilines is 1. The van der Waals surface area contributed by atoms with Gasteiger partial charge in [-0.3, -0.25) is 0 Å². The summed E-state index contributed by atoms with van der Waals surface area (Å²) in [6.45, 7) is 11.5. The maximum Gasteiger partial charge on any atom is 0.143 e. The van der Waals surface area contributed by atoms with Crippen LogP contribution in [0.5, 0.6) is 0 Å². The Morgan fingerprint density at radius 2 is 2.00 bits per heavy atom. The fourth-order valence-corrected chi connectivity index (χ4v) is 3.41. The number of pyridine rings is 1. The Morgan fingerprint density at radius 3 is 2.68 bits per heavy atom. The van der Waals surface area contributed by atoms with Crippen LogP contribution in [0.4, 0.5) is 5.82 Å². The van der Waals surface area contributed by atoms with E-state index in [1.807, 2.05) is 6.20 Å². The van der Waals surface area contributed by atoms with Crippen LogP contribution >= 0.6 is 15.9 Å². The Bertz CT molecular complexity index is 437. The molecule has 0 radical (unpaired) electrons. The molecule has 0 N–H and O–H groups in total. The first-order valence-electron chi connectivity index (χ1n) is 7.25. The lowest BCUT2D eigenvalue weighted by molar-refractivity contribution is 0.220. The minimum absolute atomic E-state index is 0.424. The monoisotopic (exact) mass is 324 g/mol. The van der Waals surface area contributed by atoms with Crippen molar-refractivity contribution in [1.82, 2.24) is 4.98 Å². The number of hydrogen-bond donors (Lipinski definition) is 0. The highest BCUT2D eigenvalue weighted by Gasteiger charge is 2.27. The van der Waals surface area contributed by atoms with Crippen molar-refractivity contribution in [1.29, 1.82) is 0 Å². The number of halogens is 1. The fraction of sp³-hybridized carbons (Fsp3) is 0.688. The summed E-state index contributed by atoms with van der Waals surface area (Å²) in [5.74, 6) is 1.94. The molecule has 0 spiro atoms. The third-order valence-corrected chi connectivity index (χ3v) is 5.30. The Labute approximate surface area is 125 Å². The van der Waals surface area contributed by atoms with E-state index in [9.17, 15) is 0 Å². The Balaban J connectivity index is 2.13. The van der Waals surface area contributed by atoms with E-state index < -0.39 is 0 Å². The van der Waals surface area contributed by atoms with Crippen molar-refractivity contribution in [3.05, 3.63) is 22.3 Å². The van der Waals surface area contributed by atoms with Gasteiger partial charge in [0.05, 0.1) is 4.47 Å². The highest BCUT2D eigenvalue weighted by molar-refractivity contribution is 9.10. The van der Waals surface area contributed by atoms with Gasteiger partial charge in [-0.05, 0) is 65.1 Å². The molecule has 1 fully saturated rings. The number of aromatic nitrogens is 1. The van der Waals surface area contributed by atoms with Crippen molar-refractivity contribution in [3.63, 3.8) is 0 Å². The minimum Gasteiger partial charge on any atom is -0.356 e. The summed E-state index contributed by atoms with van der Waals surface area (Å²) in [6, 6.07) is 2.06. The van der Waals surface area contributed by atoms with Gasteiger partial charge in [0.15, 0.2) is 0 Å². The molecule has 1 atom stereocenters. The first-order chi connectivity index (χ1) is 8.89. The topological polar surface area (TPSA) is 16.1 Å². The van der Waals surface area contributed by atoms with Crippen LogP contribution in [0.25, 0.3) is 0 Å². The van der Waals surface area contributed by atoms with Crippen LogP contribution < -0.4 is 4.90 Å². The van der Waals surface area contributed by atoms with E-state index in [4.69, 9.17) is 0 Å². The van der Waals surface area contributed by atoms with E-state index >= 15 is 0 Å². The second-order valence-electron chi connectivity index (χ2n) is 6.75. The smallest absolute Gasteiger partial charge is 0.143 e. The highest BCUT2D eigenvalue weighted by Crippen LogP contribution is 2.36. The van der Waals surface area contributed by atoms with Crippen LogP contribution in [-0.4, -0.2) is 18.1 Å². The van der Waals surface area contributed by atoms with Gasteiger partial charge in [0.2, 0.25) is 0 Å². The zero-order valence-electron chi connectivity index (χ0n) is 12.5. The second kappa shape index (κ2) is 5.82. The molecule has 1 aromatic rings. The summed E-state index contributed by atoms with van der Waals surface area (Å²) in [5, 5.41) is 0. The molecule has 1 aliphatic heterocycles. The first-order valence-corrected chi connectivity index (χ1v) is 8.05. The van der Waals surface area contributed by atoms with Crippen molar-refractivity contribution in [2.24, 2.45) is 11.3 Å². The SMILES string of the molecule is Cc1ccnc(N2CCCC(C(C)(C)C)CC2)c1Br. The average molecular weight is 325 g/mol. The lowest BCUT2D eigenvalue weighted by atomic mass is 9.77. The third kappa shape index (κ3) is 3.50. The molecule has 0 aromatic carbocycles. The van der Waals surface area contributed by atoms with Gasteiger partial charge in [-0.25, -0.2) is 4.98 Å². The van der Waals surface area contributed by atoms with E-state index in [-0.39, 0.29) is 0 Å². The van der Waals surface area contributed by atoms with E-state index in [0.717, 1.165) is 29.3 Å². The molecule has 106 valence electrons. The molecule has 2 heterocycles. The van der Waals surface area contributed by atoms with Crippen LogP contribution in [0, 0.1) is 18.3 Å². The molecule has 0 amide bonds. The van der Waals surface area contributed by atoms with Gasteiger partial charge in [0.1, 0.15) is 5.82 Å². The Kier molecular flexibility index (Phi) is 4.54. The summed E-state index contributed by atoms with van der Waals surface area (Å²) in [4.78, 5) is 7.02. The predicted octanol–water partition coefficient (Wildman–Crippen LogP) is 4.81. The number of aryl methyl sites for hydroxylation is 1. The molecule has 3 heteroatoms. The number of nitrogens with zero attached hydrogens (tertiary/aromatic N) is 2. The number of hydrogen-bond acceptors (Lipinski definition) is 2. The minimum atomic E-state index is 0.424. The van der Waals surface area contributed by atoms with Gasteiger partial charge in [-0.2, -0.15) is 0 Å². The zero-order valence-corrected chi connectivity index (χ0v) is 14.1. The fourth-order valence-electron chi connectivity index (χ4n) is 2.92. The largest absolute Gasteiger partial charge is 0.356 e. The number of rotatable bonds is 1. The maximum absolute atomic E-state index is 4.57. The van der Waals surface area contributed by atoms with Gasteiger partial charge in [-0.15, -0.1) is 0 Å². The quantitative estimate of drug-likeness (QED) is 0.737. The highest BCUT2D eigenvalue weighted by atomic mass is 79.9. The van der Waals surface area contributed by atoms with Crippen LogP contribution in [0.15, 0.2) is 16.7 Å². The molecule has 2 nitrogen and oxygen atoms in total. The van der Waals surface area contributed by atoms with Crippen LogP contribution in [0.1, 0.15) is 45.6 Å². The Morgan fingerprint density at radius 1 is 1.26 bits per heavy atom. The summed E-state index contributed by atoms with van der Waals surface area (Å²) in [6.07, 6.45) is 5.79. The third-order valence-electron chi connectivity index (χ3n) is 4.32. The van der Waals surface area contributed by atoms with Crippen LogP contribution in [0.3, 0.4) is 0 Å². The molecule has 1 unspecified atom stereocenters. The van der Waals surface area contributed by atoms with Crippen molar-refractivity contribution >= 4 is 21.7 Å². The van der Waals surface area contributed by atoms with Crippen LogP contribution in [-0.2, 0) is 0 Å². The molecule has 19 heavy (non-hydrogen) atoms. The summed E-state index contributed by atoms with van der Waals surface area (Å²) >= 11 is 3.69. The van der Waals surface area contributed by atoms with Crippen molar-refractivity contribution in [3.8, 4) is 0 Å². The van der Waals surface area contributed by atoms with Gasteiger partial charge in [-0.1, -0.05) is 20.8 Å². The molecule has 1 aromatic heterocycles. The van der Waals surface area contributed by atoms with E-state index in [0.29, 0.717) is 5.41 Å². The molecule has 1 aliphatic rings. The molecule has 0 saturated carbocycles. The van der Waals surface area contributed by atoms with Gasteiger partial charge < -0.3 is 4.90 Å². The zero-order chi connectivity index (χ0) is 14.0. The van der Waals surface area contributed by atoms with Crippen molar-refractivity contribution in [2.45, 2.75) is 47.0 Å². The second-order valence-corrected chi connectivity index (χ2v) is 7.54. The molecule has 2 rings (SSSR count). The average Bonchev–Trinajstić information content (AvgIpc) is 2.57. The van der Waals surface area contributed by atoms with Gasteiger partial charge in [0, 0.05) is 19.3 Å². The first kappa shape index (κ1) is 14.8. The lowest BCUT2D eigenvalue weighted by Gasteiger charge is -2.30. The normalized spacial score (nSPS) is 21.3. The Hall–Kier alpha value is -0.570. The van der Waals surface area contributed by atoms with Crippen LogP contribution in [0.2, 0.25) is 0 Å². The summed E-state index contributed by atoms with van der Waals surface area (Å²) in [7, 11) is 0. The maximum atomic E-state index is 4.57. The van der Waals surface area contributed by atoms with Gasteiger partial charge in [0.25, 0.3) is 0 Å². The standard InChI is InChI=1S/C16H25BrN2/c1-12-7-9-18-15(14(12)17)19-10-5-6-13(8-11-19)16(2,3)4/h7,9,13H,5-6,8,10-11H2,1-4H3. The van der Waals surface area contributed by atoms with Crippen molar-refractivity contribution < 1.29 is 0 Å². The van der Waals surface area contributed by atoms with E-state index in [1.165, 1.54) is 24.8 Å². The van der Waals surface area contributed by atoms with E-state index in [2.05, 4.69) is 59.6 Å². The predicted molar refractivity (Wildman–Crippen MR) is 85.7 cm³/mol. The lowest BCUT2D eigenvalue weighted by Crippen LogP contribution is -2.27. The van der Waals surface area contributed by atoms with E-state index in [1.54, 1.807) is 0 Å². The van der Waals surface area contributed by atoms with Gasteiger partial charge >= 0.3 is 0 Å². The summed E-state index contributed by atoms with van der Waals surface area (Å²) < 4.78 is 1.16. The molecular formula is C16H25BrN2. The molecule has 0 aliphatic carbocycles. The molecule has 1 saturated heterocycles.